The zero-order chi connectivity index (χ0) is 55.2. The summed E-state index contributed by atoms with van der Waals surface area (Å²) in [5.41, 5.74) is 12.9. The minimum absolute atomic E-state index is 0.0149. The number of nitrogens with two attached hydrogens (primary N) is 2. The number of unbranched alkanes of at least 4 members (excludes halogenated alkanes) is 1. The largest absolute Gasteiger partial charge is 0.472 e. The molecule has 1 fully saturated rings. The number of carbonyl (C=O) groups is 7. The maximum Gasteiger partial charge on any atom is 0.312 e. The van der Waals surface area contributed by atoms with Crippen LogP contribution in [0.1, 0.15) is 117 Å². The fraction of sp³-hybridized carbons (Fsp3) is 0.725. The van der Waals surface area contributed by atoms with E-state index in [1.807, 2.05) is 27.7 Å². The van der Waals surface area contributed by atoms with Gasteiger partial charge in [-0.25, -0.2) is 9.78 Å². The average Bonchev–Trinajstić information content (AvgIpc) is 3.91. The standard InChI is InChI=1S/C51H85N13O12/c1-6-7-11-40-60-46-47(50(76-35(4)5)62-61-48(46)52)64(40)31-36-14-16-37(17-15-36)58-49(70)38(10-9-21-56-51(53)71)57-33-75-32-39(34(2)3)59-43(67)13-8-12-41(65)54-22-25-72-27-29-74-30-28-73-26-23-55-42(66)20-24-63-44(68)18-19-45(63)69/h18-19,34-39,57H,6-17,20-33H2,1-5H3,(H2,52,61)(H,54,65)(H,55,66)(H,58,70)(H,59,67)(H3,53,56,71)/t36?,37?,38-,39+/m0/s1. The van der Waals surface area contributed by atoms with Crippen LogP contribution in [0, 0.1) is 11.8 Å². The van der Waals surface area contributed by atoms with Crippen molar-refractivity contribution < 1.29 is 57.2 Å². The molecule has 8 amide bonds. The van der Waals surface area contributed by atoms with Gasteiger partial charge in [0.05, 0.1) is 71.2 Å². The summed E-state index contributed by atoms with van der Waals surface area (Å²) in [6.45, 7) is 13.8. The molecular formula is C51H85N13O12. The van der Waals surface area contributed by atoms with Crippen molar-refractivity contribution in [2.75, 3.05) is 84.9 Å². The molecule has 2 aromatic heterocycles. The van der Waals surface area contributed by atoms with Crippen molar-refractivity contribution in [2.45, 2.75) is 149 Å². The van der Waals surface area contributed by atoms with Crippen LogP contribution in [0.4, 0.5) is 10.6 Å². The van der Waals surface area contributed by atoms with Gasteiger partial charge in [0, 0.05) is 76.6 Å². The van der Waals surface area contributed by atoms with Crippen LogP contribution in [0.3, 0.4) is 0 Å². The van der Waals surface area contributed by atoms with Gasteiger partial charge in [-0.1, -0.05) is 27.2 Å². The van der Waals surface area contributed by atoms with Crippen molar-refractivity contribution in [1.82, 2.24) is 56.5 Å². The maximum absolute atomic E-state index is 13.8. The zero-order valence-corrected chi connectivity index (χ0v) is 45.3. The lowest BCUT2D eigenvalue weighted by Crippen LogP contribution is -2.50. The normalized spacial score (nSPS) is 16.3. The Morgan fingerprint density at radius 1 is 0.763 bits per heavy atom. The molecule has 0 bridgehead atoms. The number of hydrogen-bond acceptors (Lipinski definition) is 17. The minimum atomic E-state index is -0.632. The molecule has 0 spiro atoms. The van der Waals surface area contributed by atoms with E-state index in [2.05, 4.69) is 53.6 Å². The van der Waals surface area contributed by atoms with E-state index >= 15 is 0 Å². The van der Waals surface area contributed by atoms with Gasteiger partial charge in [0.2, 0.25) is 23.6 Å². The highest BCUT2D eigenvalue weighted by Crippen LogP contribution is 2.33. The number of rotatable bonds is 39. The molecule has 76 heavy (non-hydrogen) atoms. The third-order valence-electron chi connectivity index (χ3n) is 12.8. The Labute approximate surface area is 446 Å². The van der Waals surface area contributed by atoms with Gasteiger partial charge in [0.15, 0.2) is 5.82 Å². The molecule has 2 atom stereocenters. The molecule has 0 aromatic carbocycles. The molecule has 25 heteroatoms. The summed E-state index contributed by atoms with van der Waals surface area (Å²) in [4.78, 5) is 91.3. The van der Waals surface area contributed by atoms with Crippen LogP contribution >= 0.6 is 0 Å². The molecule has 0 saturated heterocycles. The lowest BCUT2D eigenvalue weighted by atomic mass is 9.85. The number of urea groups is 1. The number of nitrogen functional groups attached to an aromatic ring is 1. The van der Waals surface area contributed by atoms with E-state index in [1.165, 1.54) is 12.2 Å². The van der Waals surface area contributed by atoms with Crippen molar-refractivity contribution in [3.05, 3.63) is 18.0 Å². The van der Waals surface area contributed by atoms with E-state index in [9.17, 15) is 33.6 Å². The van der Waals surface area contributed by atoms with E-state index < -0.39 is 23.9 Å². The molecule has 3 heterocycles. The second-order valence-corrected chi connectivity index (χ2v) is 19.6. The van der Waals surface area contributed by atoms with Gasteiger partial charge in [0.1, 0.15) is 16.9 Å². The van der Waals surface area contributed by atoms with Crippen molar-refractivity contribution in [3.8, 4) is 5.88 Å². The number of nitrogens with zero attached hydrogens (tertiary/aromatic N) is 5. The summed E-state index contributed by atoms with van der Waals surface area (Å²) in [7, 11) is 0. The quantitative estimate of drug-likeness (QED) is 0.0267. The molecule has 1 aliphatic carbocycles. The average molecular weight is 1070 g/mol. The number of aryl methyl sites for hydroxylation is 1. The minimum Gasteiger partial charge on any atom is -0.472 e. The molecule has 426 valence electrons. The highest BCUT2D eigenvalue weighted by Gasteiger charge is 2.29. The zero-order valence-electron chi connectivity index (χ0n) is 45.3. The SMILES string of the molecule is CCCCc1nc2c(N)nnc(OC(C)C)c2n1CC1CCC(NC(=O)[C@H](CCCNC(N)=O)NCOC[C@@H](NC(=O)CCCC(=O)NCCOCCOCCOCCNC(=O)CCN2C(=O)C=CC2=O)C(C)C)CC1. The molecule has 0 radical (unpaired) electrons. The van der Waals surface area contributed by atoms with Crippen molar-refractivity contribution in [3.63, 3.8) is 0 Å². The summed E-state index contributed by atoms with van der Waals surface area (Å²) in [5, 5.41) is 26.0. The number of aromatic nitrogens is 4. The van der Waals surface area contributed by atoms with Gasteiger partial charge < -0.3 is 66.3 Å². The first kappa shape index (κ1) is 62.5. The van der Waals surface area contributed by atoms with Crippen molar-refractivity contribution >= 4 is 58.3 Å². The Morgan fingerprint density at radius 3 is 2.01 bits per heavy atom. The fourth-order valence-electron chi connectivity index (χ4n) is 8.55. The van der Waals surface area contributed by atoms with Crippen LogP contribution in [-0.4, -0.2) is 170 Å². The van der Waals surface area contributed by atoms with Crippen molar-refractivity contribution in [2.24, 2.45) is 17.6 Å². The second kappa shape index (κ2) is 34.6. The first-order valence-electron chi connectivity index (χ1n) is 27.0. The van der Waals surface area contributed by atoms with E-state index in [0.29, 0.717) is 82.7 Å². The number of carbonyl (C=O) groups excluding carboxylic acids is 7. The Bertz CT molecular complexity index is 2170. The van der Waals surface area contributed by atoms with Crippen LogP contribution in [0.15, 0.2) is 12.2 Å². The molecule has 0 unspecified atom stereocenters. The van der Waals surface area contributed by atoms with Gasteiger partial charge in [-0.15, -0.1) is 10.2 Å². The van der Waals surface area contributed by atoms with E-state index in [1.54, 1.807) is 0 Å². The molecule has 4 rings (SSSR count). The topological polar surface area (TPSA) is 337 Å². The molecule has 1 saturated carbocycles. The number of anilines is 1. The van der Waals surface area contributed by atoms with Crippen LogP contribution in [0.5, 0.6) is 5.88 Å². The second-order valence-electron chi connectivity index (χ2n) is 19.6. The maximum atomic E-state index is 13.8. The van der Waals surface area contributed by atoms with E-state index in [0.717, 1.165) is 67.7 Å². The summed E-state index contributed by atoms with van der Waals surface area (Å²) >= 11 is 0. The predicted molar refractivity (Wildman–Crippen MR) is 282 cm³/mol. The Balaban J connectivity index is 1.07. The lowest BCUT2D eigenvalue weighted by molar-refractivity contribution is -0.137. The summed E-state index contributed by atoms with van der Waals surface area (Å²) in [6.07, 6.45) is 10.1. The number of imide groups is 1. The monoisotopic (exact) mass is 1070 g/mol. The first-order valence-corrected chi connectivity index (χ1v) is 27.0. The van der Waals surface area contributed by atoms with E-state index in [-0.39, 0.29) is 106 Å². The van der Waals surface area contributed by atoms with Gasteiger partial charge in [-0.3, -0.25) is 39.0 Å². The molecule has 2 aromatic rings. The van der Waals surface area contributed by atoms with Crippen molar-refractivity contribution in [1.29, 1.82) is 0 Å². The number of fused-ring (bicyclic) bond motifs is 1. The summed E-state index contributed by atoms with van der Waals surface area (Å²) in [5.74, 6) is 0.356. The first-order chi connectivity index (χ1) is 36.6. The van der Waals surface area contributed by atoms with Gasteiger partial charge >= 0.3 is 6.03 Å². The number of primary amides is 1. The number of amides is 8. The molecule has 25 nitrogen and oxygen atoms in total. The Kier molecular flexibility index (Phi) is 28.5. The van der Waals surface area contributed by atoms with Gasteiger partial charge in [-0.05, 0) is 77.0 Å². The third-order valence-corrected chi connectivity index (χ3v) is 12.8. The number of hydrogen-bond donors (Lipinski definition) is 8. The Hall–Kier alpha value is -6.02. The van der Waals surface area contributed by atoms with Crippen LogP contribution in [0.2, 0.25) is 0 Å². The van der Waals surface area contributed by atoms with E-state index in [4.69, 9.17) is 40.1 Å². The fourth-order valence-corrected chi connectivity index (χ4v) is 8.55. The number of nitrogens with one attached hydrogen (secondary N) is 6. The van der Waals surface area contributed by atoms with Crippen LogP contribution in [0.25, 0.3) is 11.0 Å². The lowest BCUT2D eigenvalue weighted by Gasteiger charge is -2.31. The van der Waals surface area contributed by atoms with Crippen LogP contribution < -0.4 is 48.1 Å². The molecular weight excluding hydrogens is 987 g/mol. The molecule has 10 N–H and O–H groups in total. The Morgan fingerprint density at radius 2 is 1.39 bits per heavy atom. The van der Waals surface area contributed by atoms with Gasteiger partial charge in [-0.2, -0.15) is 0 Å². The third kappa shape index (κ3) is 23.1. The smallest absolute Gasteiger partial charge is 0.312 e. The summed E-state index contributed by atoms with van der Waals surface area (Å²) in [6, 6.07) is -1.55. The highest BCUT2D eigenvalue weighted by atomic mass is 16.5. The molecule has 1 aliphatic heterocycles. The van der Waals surface area contributed by atoms with Crippen LogP contribution in [-0.2, 0) is 60.7 Å². The molecule has 2 aliphatic rings. The number of imidazole rings is 1. The number of ether oxygens (including phenoxy) is 5. The predicted octanol–water partition coefficient (Wildman–Crippen LogP) is 1.50. The van der Waals surface area contributed by atoms with Gasteiger partial charge in [0.25, 0.3) is 17.7 Å². The highest BCUT2D eigenvalue weighted by molar-refractivity contribution is 6.13. The summed E-state index contributed by atoms with van der Waals surface area (Å²) < 4.78 is 30.7.